The zero-order valence-corrected chi connectivity index (χ0v) is 12.1. The quantitative estimate of drug-likeness (QED) is 0.832. The van der Waals surface area contributed by atoms with Gasteiger partial charge in [-0.05, 0) is 36.1 Å². The van der Waals surface area contributed by atoms with Gasteiger partial charge in [0.25, 0.3) is 5.56 Å². The molecule has 0 aliphatic rings. The van der Waals surface area contributed by atoms with Crippen LogP contribution in [-0.4, -0.2) is 24.1 Å². The lowest BCUT2D eigenvalue weighted by Gasteiger charge is -2.10. The summed E-state index contributed by atoms with van der Waals surface area (Å²) in [7, 11) is 1.32. The number of rotatable bonds is 4. The smallest absolute Gasteiger partial charge is 0.322 e. The molecule has 5 heteroatoms. The van der Waals surface area contributed by atoms with E-state index in [0.29, 0.717) is 12.0 Å². The fourth-order valence-corrected chi connectivity index (χ4v) is 2.23. The molecule has 0 amide bonds. The van der Waals surface area contributed by atoms with Crippen LogP contribution < -0.4 is 11.3 Å². The summed E-state index contributed by atoms with van der Waals surface area (Å²) in [5.41, 5.74) is 8.94. The monoisotopic (exact) mass is 286 g/mol. The molecule has 110 valence electrons. The molecule has 2 aromatic rings. The van der Waals surface area contributed by atoms with Crippen molar-refractivity contribution < 1.29 is 9.53 Å². The fourth-order valence-electron chi connectivity index (χ4n) is 2.23. The first-order chi connectivity index (χ1) is 10.0. The van der Waals surface area contributed by atoms with Crippen molar-refractivity contribution >= 4 is 5.97 Å². The second kappa shape index (κ2) is 6.37. The van der Waals surface area contributed by atoms with Crippen LogP contribution in [0.3, 0.4) is 0 Å². The van der Waals surface area contributed by atoms with Crippen molar-refractivity contribution in [3.05, 3.63) is 58.0 Å². The lowest BCUT2D eigenvalue weighted by atomic mass is 9.99. The number of esters is 1. The maximum atomic E-state index is 11.9. The minimum atomic E-state index is -0.678. The van der Waals surface area contributed by atoms with Crippen LogP contribution in [0, 0.1) is 6.92 Å². The number of methoxy groups -OCH3 is 1. The number of carbonyl (C=O) groups is 1. The Morgan fingerprint density at radius 3 is 2.52 bits per heavy atom. The Balaban J connectivity index is 2.24. The summed E-state index contributed by atoms with van der Waals surface area (Å²) in [6, 6.07) is 8.63. The fraction of sp³-hybridized carbons (Fsp3) is 0.250. The predicted molar refractivity (Wildman–Crippen MR) is 80.9 cm³/mol. The van der Waals surface area contributed by atoms with Gasteiger partial charge in [-0.2, -0.15) is 0 Å². The van der Waals surface area contributed by atoms with Gasteiger partial charge in [0.2, 0.25) is 0 Å². The molecule has 0 saturated carbocycles. The first-order valence-electron chi connectivity index (χ1n) is 6.64. The largest absolute Gasteiger partial charge is 0.468 e. The third kappa shape index (κ3) is 3.38. The SMILES string of the molecule is COC(=O)[C@@H](N)Cc1ccc(-c2c(C)cc[nH]c2=O)cc1. The molecule has 0 saturated heterocycles. The summed E-state index contributed by atoms with van der Waals surface area (Å²) < 4.78 is 4.60. The lowest BCUT2D eigenvalue weighted by molar-refractivity contribution is -0.142. The number of aromatic nitrogens is 1. The Kier molecular flexibility index (Phi) is 4.55. The average molecular weight is 286 g/mol. The number of aryl methyl sites for hydroxylation is 1. The van der Waals surface area contributed by atoms with Gasteiger partial charge in [0, 0.05) is 11.8 Å². The number of carbonyl (C=O) groups excluding carboxylic acids is 1. The van der Waals surface area contributed by atoms with Crippen molar-refractivity contribution in [1.82, 2.24) is 4.98 Å². The van der Waals surface area contributed by atoms with E-state index in [1.807, 2.05) is 37.3 Å². The first kappa shape index (κ1) is 15.0. The summed E-state index contributed by atoms with van der Waals surface area (Å²) >= 11 is 0. The summed E-state index contributed by atoms with van der Waals surface area (Å²) in [4.78, 5) is 25.9. The van der Waals surface area contributed by atoms with Gasteiger partial charge in [-0.15, -0.1) is 0 Å². The van der Waals surface area contributed by atoms with Crippen LogP contribution in [0.4, 0.5) is 0 Å². The summed E-state index contributed by atoms with van der Waals surface area (Å²) in [6.45, 7) is 1.89. The molecule has 0 bridgehead atoms. The molecule has 0 aliphatic heterocycles. The number of benzene rings is 1. The van der Waals surface area contributed by atoms with Gasteiger partial charge in [0.1, 0.15) is 6.04 Å². The van der Waals surface area contributed by atoms with E-state index < -0.39 is 12.0 Å². The molecular weight excluding hydrogens is 268 g/mol. The number of hydrogen-bond donors (Lipinski definition) is 2. The maximum Gasteiger partial charge on any atom is 0.322 e. The molecule has 0 radical (unpaired) electrons. The molecule has 5 nitrogen and oxygen atoms in total. The summed E-state index contributed by atoms with van der Waals surface area (Å²) in [5.74, 6) is -0.436. The number of pyridine rings is 1. The summed E-state index contributed by atoms with van der Waals surface area (Å²) in [5, 5.41) is 0. The molecule has 1 heterocycles. The van der Waals surface area contributed by atoms with Gasteiger partial charge >= 0.3 is 5.97 Å². The van der Waals surface area contributed by atoms with E-state index in [4.69, 9.17) is 5.73 Å². The Morgan fingerprint density at radius 1 is 1.29 bits per heavy atom. The molecule has 1 aromatic heterocycles. The van der Waals surface area contributed by atoms with Crippen LogP contribution in [0.2, 0.25) is 0 Å². The standard InChI is InChI=1S/C16H18N2O3/c1-10-7-8-18-15(19)14(10)12-5-3-11(4-6-12)9-13(17)16(20)21-2/h3-8,13H,9,17H2,1-2H3,(H,18,19)/t13-/m0/s1. The maximum absolute atomic E-state index is 11.9. The number of nitrogens with two attached hydrogens (primary N) is 1. The molecule has 1 atom stereocenters. The minimum Gasteiger partial charge on any atom is -0.468 e. The van der Waals surface area contributed by atoms with Gasteiger partial charge < -0.3 is 15.5 Å². The zero-order chi connectivity index (χ0) is 15.4. The Hall–Kier alpha value is -2.40. The van der Waals surface area contributed by atoms with Crippen molar-refractivity contribution in [2.75, 3.05) is 7.11 Å². The van der Waals surface area contributed by atoms with Gasteiger partial charge in [0.15, 0.2) is 0 Å². The highest BCUT2D eigenvalue weighted by atomic mass is 16.5. The number of H-pyrrole nitrogens is 1. The average Bonchev–Trinajstić information content (AvgIpc) is 2.48. The van der Waals surface area contributed by atoms with Crippen molar-refractivity contribution in [3.8, 4) is 11.1 Å². The topological polar surface area (TPSA) is 85.2 Å². The van der Waals surface area contributed by atoms with Crippen molar-refractivity contribution in [3.63, 3.8) is 0 Å². The van der Waals surface area contributed by atoms with Crippen LogP contribution in [0.25, 0.3) is 11.1 Å². The normalized spacial score (nSPS) is 12.0. The molecule has 3 N–H and O–H groups in total. The molecule has 0 aliphatic carbocycles. The van der Waals surface area contributed by atoms with Crippen LogP contribution in [0.5, 0.6) is 0 Å². The van der Waals surface area contributed by atoms with E-state index in [1.165, 1.54) is 7.11 Å². The molecule has 0 fully saturated rings. The van der Waals surface area contributed by atoms with E-state index in [0.717, 1.165) is 16.7 Å². The Bertz CT molecular complexity index is 689. The third-order valence-corrected chi connectivity index (χ3v) is 3.37. The second-order valence-electron chi connectivity index (χ2n) is 4.90. The van der Waals surface area contributed by atoms with Gasteiger partial charge in [-0.25, -0.2) is 0 Å². The highest BCUT2D eigenvalue weighted by molar-refractivity contribution is 5.75. The van der Waals surface area contributed by atoms with Crippen molar-refractivity contribution in [2.24, 2.45) is 5.73 Å². The van der Waals surface area contributed by atoms with Crippen LogP contribution in [0.15, 0.2) is 41.3 Å². The lowest BCUT2D eigenvalue weighted by Crippen LogP contribution is -2.33. The van der Waals surface area contributed by atoms with Crippen molar-refractivity contribution in [1.29, 1.82) is 0 Å². The molecular formula is C16H18N2O3. The van der Waals surface area contributed by atoms with E-state index in [1.54, 1.807) is 6.20 Å². The van der Waals surface area contributed by atoms with Gasteiger partial charge in [0.05, 0.1) is 7.11 Å². The van der Waals surface area contributed by atoms with Crippen LogP contribution >= 0.6 is 0 Å². The van der Waals surface area contributed by atoms with Gasteiger partial charge in [-0.1, -0.05) is 24.3 Å². The molecule has 0 spiro atoms. The number of nitrogens with one attached hydrogen (secondary N) is 1. The zero-order valence-electron chi connectivity index (χ0n) is 12.1. The van der Waals surface area contributed by atoms with Crippen LogP contribution in [-0.2, 0) is 16.0 Å². The predicted octanol–water partition coefficient (Wildman–Crippen LogP) is 1.39. The van der Waals surface area contributed by atoms with E-state index in [2.05, 4.69) is 9.72 Å². The molecule has 1 aromatic carbocycles. The minimum absolute atomic E-state index is 0.117. The van der Waals surface area contributed by atoms with E-state index in [9.17, 15) is 9.59 Å². The third-order valence-electron chi connectivity index (χ3n) is 3.37. The number of ether oxygens (including phenoxy) is 1. The van der Waals surface area contributed by atoms with E-state index >= 15 is 0 Å². The van der Waals surface area contributed by atoms with Gasteiger partial charge in [-0.3, -0.25) is 9.59 Å². The summed E-state index contributed by atoms with van der Waals surface area (Å²) in [6.07, 6.45) is 2.03. The number of hydrogen-bond acceptors (Lipinski definition) is 4. The Labute approximate surface area is 122 Å². The first-order valence-corrected chi connectivity index (χ1v) is 6.64. The molecule has 0 unspecified atom stereocenters. The number of aromatic amines is 1. The van der Waals surface area contributed by atoms with Crippen LogP contribution in [0.1, 0.15) is 11.1 Å². The Morgan fingerprint density at radius 2 is 1.95 bits per heavy atom. The highest BCUT2D eigenvalue weighted by Gasteiger charge is 2.14. The van der Waals surface area contributed by atoms with Crippen molar-refractivity contribution in [2.45, 2.75) is 19.4 Å². The molecule has 21 heavy (non-hydrogen) atoms. The highest BCUT2D eigenvalue weighted by Crippen LogP contribution is 2.19. The van der Waals surface area contributed by atoms with E-state index in [-0.39, 0.29) is 5.56 Å². The molecule has 2 rings (SSSR count). The second-order valence-corrected chi connectivity index (χ2v) is 4.90.